The summed E-state index contributed by atoms with van der Waals surface area (Å²) in [4.78, 5) is 6.78. The van der Waals surface area contributed by atoms with Crippen LogP contribution in [0.2, 0.25) is 5.02 Å². The third kappa shape index (κ3) is 3.52. The normalized spacial score (nSPS) is 16.2. The van der Waals surface area contributed by atoms with Crippen LogP contribution in [-0.4, -0.2) is 43.9 Å². The molecule has 0 bridgehead atoms. The van der Waals surface area contributed by atoms with Gasteiger partial charge < -0.3 is 4.90 Å². The molecule has 0 unspecified atom stereocenters. The highest BCUT2D eigenvalue weighted by atomic mass is 35.5. The average Bonchev–Trinajstić information content (AvgIpc) is 2.54. The van der Waals surface area contributed by atoms with Crippen LogP contribution in [0.5, 0.6) is 0 Å². The van der Waals surface area contributed by atoms with Gasteiger partial charge in [-0.3, -0.25) is 0 Å². The van der Waals surface area contributed by atoms with E-state index in [0.29, 0.717) is 41.9 Å². The zero-order valence-electron chi connectivity index (χ0n) is 14.7. The van der Waals surface area contributed by atoms with Crippen molar-refractivity contribution >= 4 is 27.4 Å². The molecule has 2 heterocycles. The van der Waals surface area contributed by atoms with Crippen molar-refractivity contribution in [2.45, 2.75) is 25.7 Å². The smallest absolute Gasteiger partial charge is 0.243 e. The minimum atomic E-state index is -3.50. The molecule has 0 saturated carbocycles. The van der Waals surface area contributed by atoms with Gasteiger partial charge in [-0.2, -0.15) is 4.31 Å². The van der Waals surface area contributed by atoms with Crippen molar-refractivity contribution in [1.82, 2.24) is 9.29 Å². The van der Waals surface area contributed by atoms with Gasteiger partial charge >= 0.3 is 0 Å². The van der Waals surface area contributed by atoms with Crippen molar-refractivity contribution < 1.29 is 8.42 Å². The van der Waals surface area contributed by atoms with E-state index in [1.165, 1.54) is 0 Å². The summed E-state index contributed by atoms with van der Waals surface area (Å²) < 4.78 is 27.8. The van der Waals surface area contributed by atoms with Crippen LogP contribution in [0.25, 0.3) is 0 Å². The van der Waals surface area contributed by atoms with Crippen molar-refractivity contribution in [1.29, 1.82) is 0 Å². The molecule has 7 heteroatoms. The molecule has 0 radical (unpaired) electrons. The number of benzene rings is 1. The first-order valence-corrected chi connectivity index (χ1v) is 10.1. The number of aromatic nitrogens is 1. The number of hydrogen-bond acceptors (Lipinski definition) is 4. The third-order valence-corrected chi connectivity index (χ3v) is 6.98. The molecule has 0 aliphatic carbocycles. The largest absolute Gasteiger partial charge is 0.353 e. The third-order valence-electron chi connectivity index (χ3n) is 4.48. The molecule has 0 atom stereocenters. The molecule has 0 amide bonds. The fraction of sp³-hybridized carbons (Fsp3) is 0.389. The minimum absolute atomic E-state index is 0.419. The minimum Gasteiger partial charge on any atom is -0.353 e. The van der Waals surface area contributed by atoms with Gasteiger partial charge in [-0.05, 0) is 44.0 Å². The van der Waals surface area contributed by atoms with E-state index in [1.54, 1.807) is 22.6 Å². The number of nitrogens with zero attached hydrogens (tertiary/aromatic N) is 3. The van der Waals surface area contributed by atoms with E-state index in [2.05, 4.69) is 4.98 Å². The molecule has 0 spiro atoms. The van der Waals surface area contributed by atoms with Crippen LogP contribution in [0.15, 0.2) is 35.4 Å². The van der Waals surface area contributed by atoms with Crippen molar-refractivity contribution in [3.05, 3.63) is 52.2 Å². The van der Waals surface area contributed by atoms with Gasteiger partial charge in [0, 0.05) is 32.4 Å². The Bertz CT molecular complexity index is 868. The number of halogens is 1. The lowest BCUT2D eigenvalue weighted by Crippen LogP contribution is -2.49. The van der Waals surface area contributed by atoms with Crippen molar-refractivity contribution in [3.8, 4) is 0 Å². The van der Waals surface area contributed by atoms with Crippen molar-refractivity contribution in [3.63, 3.8) is 0 Å². The fourth-order valence-corrected chi connectivity index (χ4v) is 5.53. The van der Waals surface area contributed by atoms with Crippen molar-refractivity contribution in [2.75, 3.05) is 31.1 Å². The molecule has 1 aliphatic heterocycles. The molecule has 1 saturated heterocycles. The maximum Gasteiger partial charge on any atom is 0.243 e. The van der Waals surface area contributed by atoms with E-state index in [-0.39, 0.29) is 0 Å². The predicted molar refractivity (Wildman–Crippen MR) is 101 cm³/mol. The molecular formula is C18H22ClN3O2S. The summed E-state index contributed by atoms with van der Waals surface area (Å²) in [5.41, 5.74) is 2.67. The molecule has 2 aromatic rings. The molecule has 0 N–H and O–H groups in total. The Hall–Kier alpha value is -1.63. The molecule has 1 aliphatic rings. The highest BCUT2D eigenvalue weighted by Gasteiger charge is 2.31. The SMILES string of the molecule is Cc1cc(C)c(S(=O)(=O)N2CCN(c3ncccc3Cl)CC2)c(C)c1. The van der Waals surface area contributed by atoms with Crippen LogP contribution in [0.4, 0.5) is 5.82 Å². The monoisotopic (exact) mass is 379 g/mol. The first kappa shape index (κ1) is 18.2. The molecule has 5 nitrogen and oxygen atoms in total. The summed E-state index contributed by atoms with van der Waals surface area (Å²) >= 11 is 6.20. The number of aryl methyl sites for hydroxylation is 3. The topological polar surface area (TPSA) is 53.5 Å². The number of sulfonamides is 1. The van der Waals surface area contributed by atoms with Crippen molar-refractivity contribution in [2.24, 2.45) is 0 Å². The summed E-state index contributed by atoms with van der Waals surface area (Å²) in [6, 6.07) is 7.43. The highest BCUT2D eigenvalue weighted by molar-refractivity contribution is 7.89. The Kier molecular flexibility index (Phi) is 5.04. The van der Waals surface area contributed by atoms with Gasteiger partial charge in [0.15, 0.2) is 0 Å². The van der Waals surface area contributed by atoms with Gasteiger partial charge in [-0.25, -0.2) is 13.4 Å². The zero-order valence-corrected chi connectivity index (χ0v) is 16.2. The highest BCUT2D eigenvalue weighted by Crippen LogP contribution is 2.28. The Morgan fingerprint density at radius 3 is 2.20 bits per heavy atom. The van der Waals surface area contributed by atoms with E-state index in [0.717, 1.165) is 16.7 Å². The fourth-order valence-electron chi connectivity index (χ4n) is 3.45. The number of anilines is 1. The summed E-state index contributed by atoms with van der Waals surface area (Å²) in [6.45, 7) is 7.67. The zero-order chi connectivity index (χ0) is 18.2. The molecule has 25 heavy (non-hydrogen) atoms. The van der Waals surface area contributed by atoms with Crippen LogP contribution < -0.4 is 4.90 Å². The lowest BCUT2D eigenvalue weighted by molar-refractivity contribution is 0.383. The van der Waals surface area contributed by atoms with Gasteiger partial charge in [0.05, 0.1) is 9.92 Å². The Morgan fingerprint density at radius 1 is 1.04 bits per heavy atom. The Balaban J connectivity index is 1.82. The quantitative estimate of drug-likeness (QED) is 0.821. The second-order valence-corrected chi connectivity index (χ2v) is 8.71. The first-order chi connectivity index (χ1) is 11.8. The van der Waals surface area contributed by atoms with Gasteiger partial charge in [-0.15, -0.1) is 0 Å². The second-order valence-electron chi connectivity index (χ2n) is 6.43. The first-order valence-electron chi connectivity index (χ1n) is 8.24. The van der Waals surface area contributed by atoms with E-state index in [9.17, 15) is 8.42 Å². The van der Waals surface area contributed by atoms with E-state index in [1.807, 2.05) is 37.8 Å². The summed E-state index contributed by atoms with van der Waals surface area (Å²) in [6.07, 6.45) is 1.70. The van der Waals surface area contributed by atoms with Gasteiger partial charge in [0.1, 0.15) is 5.82 Å². The average molecular weight is 380 g/mol. The number of piperazine rings is 1. The predicted octanol–water partition coefficient (Wildman–Crippen LogP) is 3.17. The number of hydrogen-bond donors (Lipinski definition) is 0. The lowest BCUT2D eigenvalue weighted by Gasteiger charge is -2.35. The maximum atomic E-state index is 13.1. The summed E-state index contributed by atoms with van der Waals surface area (Å²) in [5.74, 6) is 0.712. The van der Waals surface area contributed by atoms with Crippen LogP contribution in [0.3, 0.4) is 0 Å². The summed E-state index contributed by atoms with van der Waals surface area (Å²) in [7, 11) is -3.50. The lowest BCUT2D eigenvalue weighted by atomic mass is 10.1. The molecule has 1 fully saturated rings. The number of pyridine rings is 1. The van der Waals surface area contributed by atoms with Gasteiger partial charge in [0.25, 0.3) is 0 Å². The van der Waals surface area contributed by atoms with E-state index < -0.39 is 10.0 Å². The second kappa shape index (κ2) is 6.94. The van der Waals surface area contributed by atoms with Gasteiger partial charge in [0.2, 0.25) is 10.0 Å². The molecule has 3 rings (SSSR count). The molecule has 1 aromatic heterocycles. The van der Waals surface area contributed by atoms with E-state index in [4.69, 9.17) is 11.6 Å². The van der Waals surface area contributed by atoms with Crippen LogP contribution >= 0.6 is 11.6 Å². The number of rotatable bonds is 3. The Labute approximate surface area is 154 Å². The Morgan fingerprint density at radius 2 is 1.64 bits per heavy atom. The standard InChI is InChI=1S/C18H22ClN3O2S/c1-13-11-14(2)17(15(3)12-13)25(23,24)22-9-7-21(8-10-22)18-16(19)5-4-6-20-18/h4-6,11-12H,7-10H2,1-3H3. The summed E-state index contributed by atoms with van der Waals surface area (Å²) in [5, 5.41) is 0.587. The molecule has 1 aromatic carbocycles. The van der Waals surface area contributed by atoms with Gasteiger partial charge in [-0.1, -0.05) is 29.3 Å². The van der Waals surface area contributed by atoms with E-state index >= 15 is 0 Å². The van der Waals surface area contributed by atoms with Crippen LogP contribution in [0.1, 0.15) is 16.7 Å². The van der Waals surface area contributed by atoms with Crippen LogP contribution in [-0.2, 0) is 10.0 Å². The molecular weight excluding hydrogens is 358 g/mol. The molecule has 134 valence electrons. The maximum absolute atomic E-state index is 13.1. The van der Waals surface area contributed by atoms with Crippen LogP contribution in [0, 0.1) is 20.8 Å².